The summed E-state index contributed by atoms with van der Waals surface area (Å²) >= 11 is 5.85. The third-order valence-electron chi connectivity index (χ3n) is 6.43. The normalized spacial score (nSPS) is 18.4. The van der Waals surface area contributed by atoms with Crippen molar-refractivity contribution < 1.29 is 22.7 Å². The Morgan fingerprint density at radius 2 is 1.61 bits per heavy atom. The van der Waals surface area contributed by atoms with Gasteiger partial charge >= 0.3 is 0 Å². The fourth-order valence-corrected chi connectivity index (χ4v) is 6.32. The molecule has 2 aromatic carbocycles. The van der Waals surface area contributed by atoms with E-state index in [-0.39, 0.29) is 36.4 Å². The Labute approximate surface area is 197 Å². The number of rotatable bonds is 5. The van der Waals surface area contributed by atoms with Gasteiger partial charge in [0.25, 0.3) is 5.91 Å². The molecule has 2 aromatic rings. The SMILES string of the molecule is O=C(COc1ccc(Cl)cc1)N1CCN(S(=O)(=O)c2cc3c4c(c2)CCN4C(=O)CC3)CC1. The van der Waals surface area contributed by atoms with Crippen LogP contribution in [0.25, 0.3) is 0 Å². The van der Waals surface area contributed by atoms with Crippen molar-refractivity contribution in [3.05, 3.63) is 52.5 Å². The van der Waals surface area contributed by atoms with Crippen molar-refractivity contribution in [2.75, 3.05) is 44.2 Å². The van der Waals surface area contributed by atoms with Gasteiger partial charge in [0.1, 0.15) is 5.75 Å². The van der Waals surface area contributed by atoms with Crippen LogP contribution in [0.4, 0.5) is 5.69 Å². The maximum absolute atomic E-state index is 13.3. The molecule has 8 nitrogen and oxygen atoms in total. The van der Waals surface area contributed by atoms with Crippen molar-refractivity contribution >= 4 is 39.1 Å². The third-order valence-corrected chi connectivity index (χ3v) is 8.56. The van der Waals surface area contributed by atoms with Gasteiger partial charge in [-0.05, 0) is 60.4 Å². The summed E-state index contributed by atoms with van der Waals surface area (Å²) in [5.74, 6) is 0.473. The Kier molecular flexibility index (Phi) is 5.80. The Morgan fingerprint density at radius 1 is 0.939 bits per heavy atom. The van der Waals surface area contributed by atoms with Crippen LogP contribution in [-0.4, -0.2) is 68.8 Å². The number of amides is 2. The molecule has 2 amide bonds. The number of nitrogens with zero attached hydrogens (tertiary/aromatic N) is 3. The third kappa shape index (κ3) is 4.20. The molecule has 0 unspecified atom stereocenters. The summed E-state index contributed by atoms with van der Waals surface area (Å²) in [6.45, 7) is 1.57. The minimum Gasteiger partial charge on any atom is -0.484 e. The van der Waals surface area contributed by atoms with E-state index in [4.69, 9.17) is 16.3 Å². The first-order chi connectivity index (χ1) is 15.8. The molecule has 3 aliphatic rings. The van der Waals surface area contributed by atoms with Gasteiger partial charge < -0.3 is 14.5 Å². The highest BCUT2D eigenvalue weighted by atomic mass is 35.5. The van der Waals surface area contributed by atoms with E-state index < -0.39 is 10.0 Å². The van der Waals surface area contributed by atoms with Gasteiger partial charge in [0.15, 0.2) is 6.61 Å². The summed E-state index contributed by atoms with van der Waals surface area (Å²) in [6.07, 6.45) is 1.65. The zero-order valence-electron chi connectivity index (χ0n) is 18.0. The number of carbonyl (C=O) groups excluding carboxylic acids is 2. The van der Waals surface area contributed by atoms with Crippen molar-refractivity contribution in [1.29, 1.82) is 0 Å². The fraction of sp³-hybridized carbons (Fsp3) is 0.391. The lowest BCUT2D eigenvalue weighted by molar-refractivity contribution is -0.134. The highest BCUT2D eigenvalue weighted by molar-refractivity contribution is 7.89. The molecule has 0 saturated carbocycles. The number of ether oxygens (including phenoxy) is 1. The van der Waals surface area contributed by atoms with E-state index in [2.05, 4.69) is 0 Å². The van der Waals surface area contributed by atoms with E-state index in [1.807, 2.05) is 0 Å². The van der Waals surface area contributed by atoms with Gasteiger partial charge in [0.05, 0.1) is 10.6 Å². The molecule has 1 saturated heterocycles. The predicted molar refractivity (Wildman–Crippen MR) is 123 cm³/mol. The van der Waals surface area contributed by atoms with E-state index in [0.29, 0.717) is 49.7 Å². The fourth-order valence-electron chi connectivity index (χ4n) is 4.67. The van der Waals surface area contributed by atoms with Gasteiger partial charge in [-0.25, -0.2) is 8.42 Å². The van der Waals surface area contributed by atoms with Crippen LogP contribution in [0.3, 0.4) is 0 Å². The lowest BCUT2D eigenvalue weighted by Crippen LogP contribution is -2.51. The van der Waals surface area contributed by atoms with Crippen molar-refractivity contribution in [1.82, 2.24) is 9.21 Å². The molecule has 174 valence electrons. The van der Waals surface area contributed by atoms with Crippen LogP contribution in [0.15, 0.2) is 41.3 Å². The number of benzene rings is 2. The molecular formula is C23H24ClN3O5S. The molecule has 0 aromatic heterocycles. The standard InChI is InChI=1S/C23H24ClN3O5S/c24-18-2-4-19(5-3-18)32-15-22(29)25-9-11-26(12-10-25)33(30,31)20-13-16-1-6-21(28)27-8-7-17(14-20)23(16)27/h2-5,13-14H,1,6-12,15H2. The molecule has 5 rings (SSSR count). The average Bonchev–Trinajstić information content (AvgIpc) is 3.26. The number of hydrogen-bond acceptors (Lipinski definition) is 5. The number of piperazine rings is 1. The van der Waals surface area contributed by atoms with E-state index in [9.17, 15) is 18.0 Å². The topological polar surface area (TPSA) is 87.2 Å². The number of carbonyl (C=O) groups is 2. The van der Waals surface area contributed by atoms with Gasteiger partial charge in [0.2, 0.25) is 15.9 Å². The molecule has 33 heavy (non-hydrogen) atoms. The zero-order chi connectivity index (χ0) is 23.2. The summed E-state index contributed by atoms with van der Waals surface area (Å²) in [4.78, 5) is 28.3. The van der Waals surface area contributed by atoms with Crippen LogP contribution in [0.5, 0.6) is 5.75 Å². The lowest BCUT2D eigenvalue weighted by atomic mass is 10.00. The van der Waals surface area contributed by atoms with Gasteiger partial charge in [-0.3, -0.25) is 9.59 Å². The van der Waals surface area contributed by atoms with Crippen molar-refractivity contribution in [2.24, 2.45) is 0 Å². The summed E-state index contributed by atoms with van der Waals surface area (Å²) in [5.41, 5.74) is 2.75. The maximum Gasteiger partial charge on any atom is 0.260 e. The smallest absolute Gasteiger partial charge is 0.260 e. The predicted octanol–water partition coefficient (Wildman–Crippen LogP) is 2.09. The van der Waals surface area contributed by atoms with Crippen LogP contribution < -0.4 is 9.64 Å². The van der Waals surface area contributed by atoms with E-state index >= 15 is 0 Å². The second-order valence-corrected chi connectivity index (χ2v) is 10.8. The Hall–Kier alpha value is -2.62. The van der Waals surface area contributed by atoms with Crippen molar-refractivity contribution in [2.45, 2.75) is 24.2 Å². The van der Waals surface area contributed by atoms with Crippen LogP contribution in [0, 0.1) is 0 Å². The van der Waals surface area contributed by atoms with E-state index in [0.717, 1.165) is 16.8 Å². The summed E-state index contributed by atoms with van der Waals surface area (Å²) in [7, 11) is -3.68. The van der Waals surface area contributed by atoms with Gasteiger partial charge in [-0.2, -0.15) is 4.31 Å². The first-order valence-electron chi connectivity index (χ1n) is 11.0. The van der Waals surface area contributed by atoms with Gasteiger partial charge in [0, 0.05) is 44.2 Å². The largest absolute Gasteiger partial charge is 0.484 e. The number of hydrogen-bond donors (Lipinski definition) is 0. The minimum absolute atomic E-state index is 0.109. The first-order valence-corrected chi connectivity index (χ1v) is 12.8. The molecule has 0 spiro atoms. The molecule has 10 heteroatoms. The number of aryl methyl sites for hydroxylation is 1. The van der Waals surface area contributed by atoms with E-state index in [1.165, 1.54) is 4.31 Å². The molecule has 0 N–H and O–H groups in total. The zero-order valence-corrected chi connectivity index (χ0v) is 19.6. The van der Waals surface area contributed by atoms with E-state index in [1.54, 1.807) is 46.2 Å². The molecule has 3 aliphatic heterocycles. The quantitative estimate of drug-likeness (QED) is 0.641. The van der Waals surface area contributed by atoms with Crippen LogP contribution >= 0.6 is 11.6 Å². The minimum atomic E-state index is -3.68. The molecule has 3 heterocycles. The van der Waals surface area contributed by atoms with Crippen molar-refractivity contribution in [3.8, 4) is 5.75 Å². The van der Waals surface area contributed by atoms with Gasteiger partial charge in [-0.15, -0.1) is 0 Å². The number of sulfonamides is 1. The summed E-state index contributed by atoms with van der Waals surface area (Å²) in [6, 6.07) is 10.2. The molecule has 0 aliphatic carbocycles. The highest BCUT2D eigenvalue weighted by Crippen LogP contribution is 2.39. The van der Waals surface area contributed by atoms with Crippen LogP contribution in [0.1, 0.15) is 17.5 Å². The monoisotopic (exact) mass is 489 g/mol. The highest BCUT2D eigenvalue weighted by Gasteiger charge is 2.35. The first kappa shape index (κ1) is 22.2. The van der Waals surface area contributed by atoms with Crippen LogP contribution in [0.2, 0.25) is 5.02 Å². The Balaban J connectivity index is 1.23. The second-order valence-electron chi connectivity index (χ2n) is 8.41. The maximum atomic E-state index is 13.3. The second kappa shape index (κ2) is 8.62. The molecule has 1 fully saturated rings. The molecule has 0 atom stereocenters. The summed E-state index contributed by atoms with van der Waals surface area (Å²) in [5, 5.41) is 0.587. The molecule has 0 bridgehead atoms. The Bertz CT molecular complexity index is 1210. The number of halogens is 1. The van der Waals surface area contributed by atoms with Crippen LogP contribution in [-0.2, 0) is 32.5 Å². The molecular weight excluding hydrogens is 466 g/mol. The Morgan fingerprint density at radius 3 is 2.30 bits per heavy atom. The summed E-state index contributed by atoms with van der Waals surface area (Å²) < 4.78 is 33.6. The van der Waals surface area contributed by atoms with Crippen molar-refractivity contribution in [3.63, 3.8) is 0 Å². The molecule has 0 radical (unpaired) electrons. The average molecular weight is 490 g/mol. The lowest BCUT2D eigenvalue weighted by Gasteiger charge is -2.34. The number of anilines is 1. The van der Waals surface area contributed by atoms with Gasteiger partial charge in [-0.1, -0.05) is 11.6 Å².